The number of morpholine rings is 1. The molecule has 1 aliphatic rings. The van der Waals surface area contributed by atoms with E-state index in [4.69, 9.17) is 4.74 Å². The Balaban J connectivity index is 0.000000280. The molecular weight excluding hydrogens is 215 g/mol. The normalized spacial score (nSPS) is 17.0. The van der Waals surface area contributed by atoms with Gasteiger partial charge in [0.25, 0.3) is 0 Å². The van der Waals surface area contributed by atoms with Gasteiger partial charge in [0.15, 0.2) is 0 Å². The quantitative estimate of drug-likeness (QED) is 0.440. The number of hydrogen-bond acceptors (Lipinski definition) is 4. The molecule has 90 valence electrons. The zero-order chi connectivity index (χ0) is 11.6. The fraction of sp³-hybridized carbons (Fsp3) is 1.00. The van der Waals surface area contributed by atoms with Crippen molar-refractivity contribution >= 4 is 8.69 Å². The summed E-state index contributed by atoms with van der Waals surface area (Å²) in [4.78, 5) is 0. The number of nitrogens with zero attached hydrogens (tertiary/aromatic N) is 1. The van der Waals surface area contributed by atoms with E-state index in [1.54, 1.807) is 0 Å². The monoisotopic (exact) mass is 237 g/mol. The van der Waals surface area contributed by atoms with Crippen LogP contribution in [0.25, 0.3) is 0 Å². The summed E-state index contributed by atoms with van der Waals surface area (Å²) in [5.74, 6) is 0. The van der Waals surface area contributed by atoms with Crippen molar-refractivity contribution in [1.82, 2.24) is 5.32 Å². The van der Waals surface area contributed by atoms with Gasteiger partial charge in [-0.05, 0) is 0 Å². The van der Waals surface area contributed by atoms with Crippen LogP contribution in [-0.2, 0) is 13.8 Å². The third-order valence-corrected chi connectivity index (χ3v) is 2.04. The molecule has 1 saturated heterocycles. The first-order chi connectivity index (χ1) is 7.06. The second kappa shape index (κ2) is 9.19. The largest absolute Gasteiger partial charge is 0.379 e. The minimum absolute atomic E-state index is 0.217. The van der Waals surface area contributed by atoms with Crippen LogP contribution in [0.5, 0.6) is 0 Å². The number of rotatable bonds is 4. The van der Waals surface area contributed by atoms with E-state index in [-0.39, 0.29) is 8.69 Å². The number of ether oxygens (including phenoxy) is 1. The summed E-state index contributed by atoms with van der Waals surface area (Å²) in [6, 6.07) is 0. The van der Waals surface area contributed by atoms with Gasteiger partial charge in [-0.3, -0.25) is 4.52 Å². The van der Waals surface area contributed by atoms with E-state index in [2.05, 4.69) is 31.0 Å². The predicted molar refractivity (Wildman–Crippen MR) is 60.1 cm³/mol. The van der Waals surface area contributed by atoms with Gasteiger partial charge in [0.1, 0.15) is 13.2 Å². The molecule has 0 aromatic carbocycles. The van der Waals surface area contributed by atoms with E-state index in [0.29, 0.717) is 6.61 Å². The zero-order valence-electron chi connectivity index (χ0n) is 9.86. The van der Waals surface area contributed by atoms with Crippen molar-refractivity contribution in [3.8, 4) is 0 Å². The molecule has 0 saturated carbocycles. The fourth-order valence-corrected chi connectivity index (χ4v) is 1.02. The SMILES string of the molecule is C1COCCN1.C[N+](C)(C)CCOP=O. The van der Waals surface area contributed by atoms with Gasteiger partial charge in [-0.1, -0.05) is 0 Å². The van der Waals surface area contributed by atoms with Crippen molar-refractivity contribution in [2.75, 3.05) is 60.6 Å². The number of nitrogens with one attached hydrogen (secondary N) is 1. The van der Waals surface area contributed by atoms with Gasteiger partial charge < -0.3 is 14.5 Å². The summed E-state index contributed by atoms with van der Waals surface area (Å²) in [7, 11) is 5.96. The molecule has 1 rings (SSSR count). The third-order valence-electron chi connectivity index (χ3n) is 1.75. The zero-order valence-corrected chi connectivity index (χ0v) is 10.8. The predicted octanol–water partition coefficient (Wildman–Crippen LogP) is 0.522. The van der Waals surface area contributed by atoms with Crippen LogP contribution in [0.4, 0.5) is 0 Å². The minimum Gasteiger partial charge on any atom is -0.379 e. The maximum atomic E-state index is 9.76. The second-order valence-corrected chi connectivity index (χ2v) is 4.69. The van der Waals surface area contributed by atoms with Crippen molar-refractivity contribution in [2.45, 2.75) is 0 Å². The van der Waals surface area contributed by atoms with Gasteiger partial charge in [0.05, 0.1) is 34.4 Å². The van der Waals surface area contributed by atoms with Crippen LogP contribution in [0, 0.1) is 0 Å². The van der Waals surface area contributed by atoms with Crippen LogP contribution in [0.3, 0.4) is 0 Å². The lowest BCUT2D eigenvalue weighted by Crippen LogP contribution is -2.37. The molecule has 0 aromatic heterocycles. The summed E-state index contributed by atoms with van der Waals surface area (Å²) in [5, 5.41) is 3.16. The molecule has 1 heterocycles. The Labute approximate surface area is 93.6 Å². The first kappa shape index (κ1) is 14.9. The van der Waals surface area contributed by atoms with Crippen molar-refractivity contribution in [3.05, 3.63) is 0 Å². The van der Waals surface area contributed by atoms with Crippen molar-refractivity contribution in [3.63, 3.8) is 0 Å². The highest BCUT2D eigenvalue weighted by Gasteiger charge is 2.04. The van der Waals surface area contributed by atoms with Gasteiger partial charge in [0.2, 0.25) is 0 Å². The van der Waals surface area contributed by atoms with Crippen LogP contribution in [0.15, 0.2) is 0 Å². The lowest BCUT2D eigenvalue weighted by molar-refractivity contribution is -0.870. The average Bonchev–Trinajstić information content (AvgIpc) is 2.20. The Hall–Kier alpha value is -0.0600. The van der Waals surface area contributed by atoms with Crippen LogP contribution in [-0.4, -0.2) is 65.1 Å². The van der Waals surface area contributed by atoms with E-state index in [0.717, 1.165) is 37.3 Å². The van der Waals surface area contributed by atoms with Crippen LogP contribution in [0.2, 0.25) is 0 Å². The molecule has 0 aliphatic carbocycles. The smallest absolute Gasteiger partial charge is 0.327 e. The van der Waals surface area contributed by atoms with E-state index in [1.807, 2.05) is 0 Å². The van der Waals surface area contributed by atoms with Crippen molar-refractivity contribution in [2.24, 2.45) is 0 Å². The van der Waals surface area contributed by atoms with E-state index in [1.165, 1.54) is 0 Å². The molecule has 0 aromatic rings. The lowest BCUT2D eigenvalue weighted by atomic mass is 10.5. The van der Waals surface area contributed by atoms with Crippen molar-refractivity contribution < 1.29 is 18.3 Å². The Morgan fingerprint density at radius 3 is 2.20 bits per heavy atom. The van der Waals surface area contributed by atoms with Crippen LogP contribution >= 0.6 is 8.69 Å². The van der Waals surface area contributed by atoms with E-state index >= 15 is 0 Å². The molecule has 1 N–H and O–H groups in total. The molecule has 0 amide bonds. The standard InChI is InChI=1S/C5H13NO2P.C4H9NO/c1-6(2,3)4-5-8-9-7;1-3-6-4-2-5-1/h4-5H2,1-3H3;5H,1-4H2/q+1;. The number of quaternary nitrogens is 1. The number of likely N-dealkylation sites (N-methyl/N-ethyl adjacent to an activating group) is 1. The molecule has 1 fully saturated rings. The molecule has 15 heavy (non-hydrogen) atoms. The Morgan fingerprint density at radius 1 is 1.33 bits per heavy atom. The highest BCUT2D eigenvalue weighted by Crippen LogP contribution is 1.96. The number of hydrogen-bond donors (Lipinski definition) is 1. The van der Waals surface area contributed by atoms with Crippen molar-refractivity contribution in [1.29, 1.82) is 0 Å². The molecular formula is C9H22N2O3P+. The first-order valence-corrected chi connectivity index (χ1v) is 5.83. The van der Waals surface area contributed by atoms with E-state index < -0.39 is 0 Å². The summed E-state index contributed by atoms with van der Waals surface area (Å²) < 4.78 is 20.2. The summed E-state index contributed by atoms with van der Waals surface area (Å²) >= 11 is 0. The van der Waals surface area contributed by atoms with E-state index in [9.17, 15) is 4.57 Å². The molecule has 0 spiro atoms. The van der Waals surface area contributed by atoms with Gasteiger partial charge in [-0.2, -0.15) is 0 Å². The fourth-order valence-electron chi connectivity index (χ4n) is 0.868. The van der Waals surface area contributed by atoms with Crippen LogP contribution < -0.4 is 5.32 Å². The van der Waals surface area contributed by atoms with Crippen LogP contribution in [0.1, 0.15) is 0 Å². The lowest BCUT2D eigenvalue weighted by Gasteiger charge is -2.22. The summed E-state index contributed by atoms with van der Waals surface area (Å²) in [5.41, 5.74) is 0. The molecule has 0 unspecified atom stereocenters. The van der Waals surface area contributed by atoms with Gasteiger partial charge in [-0.15, -0.1) is 0 Å². The van der Waals surface area contributed by atoms with Gasteiger partial charge in [-0.25, -0.2) is 4.57 Å². The Bertz CT molecular complexity index is 146. The molecule has 0 radical (unpaired) electrons. The Kier molecular flexibility index (Phi) is 9.15. The highest BCUT2D eigenvalue weighted by atomic mass is 31.1. The topological polar surface area (TPSA) is 47.6 Å². The van der Waals surface area contributed by atoms with Gasteiger partial charge in [0, 0.05) is 13.1 Å². The third kappa shape index (κ3) is 13.9. The maximum absolute atomic E-state index is 9.76. The maximum Gasteiger partial charge on any atom is 0.327 e. The molecule has 0 bridgehead atoms. The highest BCUT2D eigenvalue weighted by molar-refractivity contribution is 7.17. The summed E-state index contributed by atoms with van der Waals surface area (Å²) in [6.07, 6.45) is 0. The second-order valence-electron chi connectivity index (χ2n) is 4.28. The molecule has 6 heteroatoms. The van der Waals surface area contributed by atoms with Gasteiger partial charge >= 0.3 is 8.69 Å². The molecule has 0 atom stereocenters. The average molecular weight is 237 g/mol. The molecule has 1 aliphatic heterocycles. The summed E-state index contributed by atoms with van der Waals surface area (Å²) in [6.45, 7) is 5.27. The first-order valence-electron chi connectivity index (χ1n) is 5.10. The minimum atomic E-state index is -0.217. The Morgan fingerprint density at radius 2 is 1.93 bits per heavy atom. The molecule has 5 nitrogen and oxygen atoms in total.